The number of nitrogens with zero attached hydrogens (tertiary/aromatic N) is 4. The standard InChI is InChI=1S/C14H12F3N5O2.C9H9ClO.2C2H6/c1-2-21(6-5-18-10-23)22-9-11(7-20-22)13-4-3-12(8-19-13)24-14(15,16)17;10-8-3-4-9-7(6-8)2-1-5-11-9;2*1-2/h1,3-4,7-10H,5-6H2,(H,18,23);3-4,6H,1-2,5H2;2*1-2H3. The Balaban J connectivity index is 0.000000419. The summed E-state index contributed by atoms with van der Waals surface area (Å²) in [6, 6.07) is 10.7. The highest BCUT2D eigenvalue weighted by Gasteiger charge is 2.31. The smallest absolute Gasteiger partial charge is 0.493 e. The molecule has 1 aromatic carbocycles. The molecule has 1 aliphatic rings. The van der Waals surface area contributed by atoms with Gasteiger partial charge in [0, 0.05) is 23.2 Å². The molecule has 1 amide bonds. The SMILES string of the molecule is C#CN(CCNC=O)n1cc(-c2ccc(OC(F)(F)F)cn2)cn1.CC.CC.Clc1ccc2c(c1)CCCO2. The highest BCUT2D eigenvalue weighted by atomic mass is 35.5. The van der Waals surface area contributed by atoms with Crippen LogP contribution >= 0.6 is 11.6 Å². The van der Waals surface area contributed by atoms with Crippen LogP contribution in [-0.2, 0) is 11.2 Å². The van der Waals surface area contributed by atoms with Crippen LogP contribution in [0.15, 0.2) is 48.9 Å². The first-order chi connectivity index (χ1) is 18.8. The average Bonchev–Trinajstić information content (AvgIpc) is 3.43. The number of nitrogens with one attached hydrogen (secondary N) is 1. The van der Waals surface area contributed by atoms with E-state index in [1.807, 2.05) is 45.9 Å². The van der Waals surface area contributed by atoms with Crippen molar-refractivity contribution in [2.45, 2.75) is 46.9 Å². The van der Waals surface area contributed by atoms with Crippen molar-refractivity contribution in [3.8, 4) is 35.2 Å². The number of hydrogen-bond donors (Lipinski definition) is 1. The first kappa shape index (κ1) is 33.1. The molecule has 0 fully saturated rings. The van der Waals surface area contributed by atoms with Gasteiger partial charge in [0.2, 0.25) is 6.41 Å². The second kappa shape index (κ2) is 17.6. The number of halogens is 4. The first-order valence-electron chi connectivity index (χ1n) is 12.4. The van der Waals surface area contributed by atoms with Gasteiger partial charge in [0.25, 0.3) is 0 Å². The largest absolute Gasteiger partial charge is 0.573 e. The zero-order valence-corrected chi connectivity index (χ0v) is 23.1. The van der Waals surface area contributed by atoms with Crippen LogP contribution in [0.5, 0.6) is 11.5 Å². The lowest BCUT2D eigenvalue weighted by Gasteiger charge is -2.16. The molecule has 4 rings (SSSR count). The van der Waals surface area contributed by atoms with Gasteiger partial charge in [0.05, 0.1) is 37.4 Å². The minimum atomic E-state index is -4.77. The highest BCUT2D eigenvalue weighted by molar-refractivity contribution is 6.30. The fourth-order valence-electron chi connectivity index (χ4n) is 3.11. The molecule has 39 heavy (non-hydrogen) atoms. The zero-order valence-electron chi connectivity index (χ0n) is 22.3. The molecule has 3 heterocycles. The lowest BCUT2D eigenvalue weighted by atomic mass is 10.1. The number of carbonyl (C=O) groups is 1. The summed E-state index contributed by atoms with van der Waals surface area (Å²) in [4.78, 5) is 15.5. The van der Waals surface area contributed by atoms with E-state index in [1.165, 1.54) is 27.6 Å². The maximum Gasteiger partial charge on any atom is 0.573 e. The molecule has 8 nitrogen and oxygen atoms in total. The number of pyridine rings is 1. The van der Waals surface area contributed by atoms with E-state index >= 15 is 0 Å². The van der Waals surface area contributed by atoms with Crippen LogP contribution in [0, 0.1) is 12.5 Å². The molecule has 1 N–H and O–H groups in total. The van der Waals surface area contributed by atoms with Crippen molar-refractivity contribution in [3.05, 3.63) is 59.5 Å². The molecule has 0 spiro atoms. The molecule has 0 radical (unpaired) electrons. The summed E-state index contributed by atoms with van der Waals surface area (Å²) >= 11 is 5.82. The summed E-state index contributed by atoms with van der Waals surface area (Å²) in [5.74, 6) is 0.587. The molecule has 0 atom stereocenters. The second-order valence-electron chi connectivity index (χ2n) is 7.10. The third kappa shape index (κ3) is 11.6. The number of terminal acetylenes is 1. The van der Waals surface area contributed by atoms with Gasteiger partial charge >= 0.3 is 6.36 Å². The molecule has 12 heteroatoms. The molecule has 0 saturated carbocycles. The quantitative estimate of drug-likeness (QED) is 0.167. The number of ether oxygens (including phenoxy) is 2. The Kier molecular flexibility index (Phi) is 14.9. The number of fused-ring (bicyclic) bond motifs is 1. The lowest BCUT2D eigenvalue weighted by Crippen LogP contribution is -2.36. The van der Waals surface area contributed by atoms with Crippen LogP contribution in [-0.4, -0.2) is 47.3 Å². The fourth-order valence-corrected chi connectivity index (χ4v) is 3.30. The van der Waals surface area contributed by atoms with Gasteiger partial charge in [-0.25, -0.2) is 5.01 Å². The Morgan fingerprint density at radius 1 is 1.23 bits per heavy atom. The Labute approximate surface area is 232 Å². The van der Waals surface area contributed by atoms with E-state index in [9.17, 15) is 18.0 Å². The zero-order chi connectivity index (χ0) is 29.3. The number of hydrogen-bond acceptors (Lipinski definition) is 6. The molecule has 0 saturated heterocycles. The van der Waals surface area contributed by atoms with Crippen molar-refractivity contribution < 1.29 is 27.4 Å². The van der Waals surface area contributed by atoms with Gasteiger partial charge in [-0.05, 0) is 48.7 Å². The molecular weight excluding hydrogens is 535 g/mol. The summed E-state index contributed by atoms with van der Waals surface area (Å²) < 4.78 is 45.5. The molecular formula is C27H33ClF3N5O3. The topological polar surface area (TPSA) is 81.5 Å². The van der Waals surface area contributed by atoms with Crippen molar-refractivity contribution in [1.29, 1.82) is 0 Å². The van der Waals surface area contributed by atoms with Crippen LogP contribution in [0.2, 0.25) is 5.02 Å². The van der Waals surface area contributed by atoms with Gasteiger partial charge in [-0.15, -0.1) is 13.2 Å². The maximum absolute atomic E-state index is 12.1. The van der Waals surface area contributed by atoms with Gasteiger partial charge in [0.15, 0.2) is 0 Å². The fraction of sp³-hybridized carbons (Fsp3) is 0.370. The average molecular weight is 568 g/mol. The molecule has 2 aromatic heterocycles. The third-order valence-corrected chi connectivity index (χ3v) is 4.89. The van der Waals surface area contributed by atoms with E-state index in [1.54, 1.807) is 6.20 Å². The van der Waals surface area contributed by atoms with Gasteiger partial charge in [0.1, 0.15) is 11.5 Å². The van der Waals surface area contributed by atoms with Crippen molar-refractivity contribution in [2.24, 2.45) is 0 Å². The summed E-state index contributed by atoms with van der Waals surface area (Å²) in [5.41, 5.74) is 2.19. The number of aryl methyl sites for hydroxylation is 1. The van der Waals surface area contributed by atoms with Crippen molar-refractivity contribution >= 4 is 18.0 Å². The van der Waals surface area contributed by atoms with E-state index < -0.39 is 12.1 Å². The molecule has 1 aliphatic heterocycles. The van der Waals surface area contributed by atoms with Crippen molar-refractivity contribution in [2.75, 3.05) is 24.7 Å². The van der Waals surface area contributed by atoms with Crippen LogP contribution in [0.25, 0.3) is 11.3 Å². The monoisotopic (exact) mass is 567 g/mol. The number of carbonyl (C=O) groups excluding carboxylic acids is 1. The first-order valence-corrected chi connectivity index (χ1v) is 12.8. The van der Waals surface area contributed by atoms with Crippen LogP contribution in [0.4, 0.5) is 13.2 Å². The minimum Gasteiger partial charge on any atom is -0.493 e. The van der Waals surface area contributed by atoms with E-state index in [2.05, 4.69) is 26.2 Å². The normalized spacial score (nSPS) is 11.3. The van der Waals surface area contributed by atoms with Gasteiger partial charge in [-0.2, -0.15) is 9.89 Å². The highest BCUT2D eigenvalue weighted by Crippen LogP contribution is 2.27. The number of alkyl halides is 3. The Bertz CT molecular complexity index is 1160. The molecule has 3 aromatic rings. The van der Waals surface area contributed by atoms with Gasteiger partial charge < -0.3 is 14.8 Å². The van der Waals surface area contributed by atoms with Crippen LogP contribution < -0.4 is 19.8 Å². The molecule has 0 unspecified atom stereocenters. The number of rotatable bonds is 7. The summed E-state index contributed by atoms with van der Waals surface area (Å²) in [6.07, 6.45) is 7.35. The van der Waals surface area contributed by atoms with E-state index in [4.69, 9.17) is 22.8 Å². The summed E-state index contributed by atoms with van der Waals surface area (Å²) in [7, 11) is 0. The van der Waals surface area contributed by atoms with Crippen LogP contribution in [0.3, 0.4) is 0 Å². The molecule has 0 bridgehead atoms. The van der Waals surface area contributed by atoms with E-state index in [-0.39, 0.29) is 0 Å². The number of aromatic nitrogens is 3. The van der Waals surface area contributed by atoms with Gasteiger partial charge in [-0.3, -0.25) is 9.78 Å². The predicted molar refractivity (Wildman–Crippen MR) is 146 cm³/mol. The van der Waals surface area contributed by atoms with Crippen molar-refractivity contribution in [3.63, 3.8) is 0 Å². The maximum atomic E-state index is 12.1. The minimum absolute atomic E-state index is 0.322. The summed E-state index contributed by atoms with van der Waals surface area (Å²) in [5, 5.41) is 8.73. The number of benzene rings is 1. The Morgan fingerprint density at radius 3 is 2.59 bits per heavy atom. The second-order valence-corrected chi connectivity index (χ2v) is 7.54. The molecule has 212 valence electrons. The predicted octanol–water partition coefficient (Wildman–Crippen LogP) is 5.84. The van der Waals surface area contributed by atoms with Crippen molar-refractivity contribution in [1.82, 2.24) is 20.2 Å². The van der Waals surface area contributed by atoms with E-state index in [0.717, 1.165) is 42.5 Å². The van der Waals surface area contributed by atoms with Crippen LogP contribution in [0.1, 0.15) is 39.7 Å². The lowest BCUT2D eigenvalue weighted by molar-refractivity contribution is -0.274. The summed E-state index contributed by atoms with van der Waals surface area (Å²) in [6.45, 7) is 9.49. The molecule has 0 aliphatic carbocycles. The van der Waals surface area contributed by atoms with E-state index in [0.29, 0.717) is 30.8 Å². The van der Waals surface area contributed by atoms with Gasteiger partial charge in [-0.1, -0.05) is 45.7 Å². The Hall–Kier alpha value is -3.91. The Morgan fingerprint density at radius 2 is 1.97 bits per heavy atom. The third-order valence-electron chi connectivity index (χ3n) is 4.65. The number of amides is 1.